The molecule has 1 aromatic rings. The maximum atomic E-state index is 10.9. The van der Waals surface area contributed by atoms with Crippen molar-refractivity contribution in [2.45, 2.75) is 31.7 Å². The smallest absolute Gasteiger partial charge is 0.292 e. The average Bonchev–Trinajstić information content (AvgIpc) is 2.91. The Morgan fingerprint density at radius 2 is 2.06 bits per heavy atom. The molecule has 1 N–H and O–H groups in total. The van der Waals surface area contributed by atoms with Gasteiger partial charge in [0.25, 0.3) is 5.69 Å². The molecular weight excluding hydrogens is 216 g/mol. The number of hydrogen-bond acceptors (Lipinski definition) is 3. The van der Waals surface area contributed by atoms with E-state index in [-0.39, 0.29) is 10.6 Å². The summed E-state index contributed by atoms with van der Waals surface area (Å²) in [5.74, 6) is 1.57. The summed E-state index contributed by atoms with van der Waals surface area (Å²) < 4.78 is 0. The Morgan fingerprint density at radius 1 is 1.24 bits per heavy atom. The number of benzene rings is 1. The van der Waals surface area contributed by atoms with Gasteiger partial charge < -0.3 is 5.32 Å². The van der Waals surface area contributed by atoms with Gasteiger partial charge in [0.1, 0.15) is 5.69 Å². The molecule has 0 saturated heterocycles. The van der Waals surface area contributed by atoms with E-state index >= 15 is 0 Å². The molecule has 0 amide bonds. The molecule has 1 aromatic carbocycles. The van der Waals surface area contributed by atoms with Crippen molar-refractivity contribution in [1.29, 1.82) is 0 Å². The van der Waals surface area contributed by atoms with E-state index in [4.69, 9.17) is 0 Å². The first-order valence-corrected chi connectivity index (χ1v) is 6.24. The van der Waals surface area contributed by atoms with Gasteiger partial charge in [-0.1, -0.05) is 18.6 Å². The largest absolute Gasteiger partial charge is 0.376 e. The summed E-state index contributed by atoms with van der Waals surface area (Å²) in [4.78, 5) is 10.6. The van der Waals surface area contributed by atoms with E-state index in [9.17, 15) is 10.1 Å². The molecule has 2 bridgehead atoms. The summed E-state index contributed by atoms with van der Waals surface area (Å²) in [6.45, 7) is 0. The fourth-order valence-corrected chi connectivity index (χ4v) is 3.38. The molecule has 4 nitrogen and oxygen atoms in total. The lowest BCUT2D eigenvalue weighted by Gasteiger charge is -2.23. The third kappa shape index (κ3) is 1.88. The highest BCUT2D eigenvalue weighted by atomic mass is 16.6. The molecule has 0 heterocycles. The summed E-state index contributed by atoms with van der Waals surface area (Å²) >= 11 is 0. The number of para-hydroxylation sites is 2. The quantitative estimate of drug-likeness (QED) is 0.643. The van der Waals surface area contributed by atoms with E-state index < -0.39 is 0 Å². The molecule has 0 aromatic heterocycles. The van der Waals surface area contributed by atoms with Crippen LogP contribution in [0.3, 0.4) is 0 Å². The molecule has 0 aliphatic heterocycles. The molecule has 4 heteroatoms. The minimum Gasteiger partial charge on any atom is -0.376 e. The Hall–Kier alpha value is -1.58. The van der Waals surface area contributed by atoms with E-state index in [1.54, 1.807) is 12.1 Å². The first kappa shape index (κ1) is 10.6. The first-order valence-electron chi connectivity index (χ1n) is 6.24. The number of fused-ring (bicyclic) bond motifs is 2. The highest BCUT2D eigenvalue weighted by Crippen LogP contribution is 2.46. The molecule has 2 aliphatic carbocycles. The van der Waals surface area contributed by atoms with Crippen LogP contribution in [0.2, 0.25) is 0 Å². The zero-order valence-electron chi connectivity index (χ0n) is 9.63. The minimum absolute atomic E-state index is 0.190. The maximum Gasteiger partial charge on any atom is 0.292 e. The molecule has 2 aliphatic rings. The fraction of sp³-hybridized carbons (Fsp3) is 0.538. The zero-order valence-corrected chi connectivity index (χ0v) is 9.63. The van der Waals surface area contributed by atoms with Gasteiger partial charge in [0.15, 0.2) is 0 Å². The Labute approximate surface area is 100 Å². The van der Waals surface area contributed by atoms with Gasteiger partial charge in [-0.25, -0.2) is 0 Å². The van der Waals surface area contributed by atoms with Gasteiger partial charge in [0.05, 0.1) is 4.92 Å². The van der Waals surface area contributed by atoms with Crippen molar-refractivity contribution in [2.75, 3.05) is 5.32 Å². The molecule has 17 heavy (non-hydrogen) atoms. The third-order valence-corrected chi connectivity index (χ3v) is 4.18. The average molecular weight is 232 g/mol. The van der Waals surface area contributed by atoms with Crippen molar-refractivity contribution >= 4 is 11.4 Å². The van der Waals surface area contributed by atoms with E-state index in [2.05, 4.69) is 5.32 Å². The Bertz CT molecular complexity index is 447. The van der Waals surface area contributed by atoms with Crippen LogP contribution in [0.25, 0.3) is 0 Å². The lowest BCUT2D eigenvalue weighted by molar-refractivity contribution is -0.384. The summed E-state index contributed by atoms with van der Waals surface area (Å²) in [7, 11) is 0. The molecule has 3 rings (SSSR count). The van der Waals surface area contributed by atoms with Crippen LogP contribution >= 0.6 is 0 Å². The number of nitro groups is 1. The van der Waals surface area contributed by atoms with Crippen molar-refractivity contribution < 1.29 is 4.92 Å². The molecule has 0 spiro atoms. The number of nitro benzene ring substituents is 1. The van der Waals surface area contributed by atoms with Crippen molar-refractivity contribution in [3.05, 3.63) is 34.4 Å². The second-order valence-corrected chi connectivity index (χ2v) is 5.20. The predicted octanol–water partition coefficient (Wildman–Crippen LogP) is 3.20. The number of nitrogens with one attached hydrogen (secondary N) is 1. The summed E-state index contributed by atoms with van der Waals surface area (Å²) in [5, 5.41) is 14.3. The van der Waals surface area contributed by atoms with E-state index in [0.29, 0.717) is 11.7 Å². The zero-order chi connectivity index (χ0) is 11.8. The molecule has 90 valence electrons. The van der Waals surface area contributed by atoms with Crippen molar-refractivity contribution in [3.63, 3.8) is 0 Å². The fourth-order valence-electron chi connectivity index (χ4n) is 3.38. The van der Waals surface area contributed by atoms with Gasteiger partial charge in [-0.3, -0.25) is 10.1 Å². The maximum absolute atomic E-state index is 10.9. The topological polar surface area (TPSA) is 55.2 Å². The SMILES string of the molecule is O=[N+]([O-])c1ccccc1NC1CC2CCC1C2. The van der Waals surface area contributed by atoms with E-state index in [0.717, 1.165) is 11.8 Å². The number of rotatable bonds is 3. The van der Waals surface area contributed by atoms with E-state index in [1.807, 2.05) is 12.1 Å². The van der Waals surface area contributed by atoms with Gasteiger partial charge >= 0.3 is 0 Å². The van der Waals surface area contributed by atoms with Gasteiger partial charge in [-0.2, -0.15) is 0 Å². The highest BCUT2D eigenvalue weighted by Gasteiger charge is 2.39. The monoisotopic (exact) mass is 232 g/mol. The Morgan fingerprint density at radius 3 is 2.71 bits per heavy atom. The van der Waals surface area contributed by atoms with Crippen LogP contribution in [0.5, 0.6) is 0 Å². The van der Waals surface area contributed by atoms with Crippen molar-refractivity contribution in [3.8, 4) is 0 Å². The molecule has 0 radical (unpaired) electrons. The number of anilines is 1. The number of hydrogen-bond donors (Lipinski definition) is 1. The summed E-state index contributed by atoms with van der Waals surface area (Å²) in [5.41, 5.74) is 0.866. The number of nitrogens with zero attached hydrogens (tertiary/aromatic N) is 1. The molecular formula is C13H16N2O2. The van der Waals surface area contributed by atoms with Crippen LogP contribution in [-0.2, 0) is 0 Å². The Balaban J connectivity index is 1.79. The van der Waals surface area contributed by atoms with Crippen LogP contribution in [0.4, 0.5) is 11.4 Å². The minimum atomic E-state index is -0.310. The van der Waals surface area contributed by atoms with Crippen molar-refractivity contribution in [2.24, 2.45) is 11.8 Å². The van der Waals surface area contributed by atoms with Gasteiger partial charge in [-0.15, -0.1) is 0 Å². The second-order valence-electron chi connectivity index (χ2n) is 5.20. The first-order chi connectivity index (χ1) is 8.24. The molecule has 2 fully saturated rings. The molecule has 2 saturated carbocycles. The van der Waals surface area contributed by atoms with Crippen LogP contribution in [0.15, 0.2) is 24.3 Å². The normalized spacial score (nSPS) is 30.5. The Kier molecular flexibility index (Phi) is 2.50. The van der Waals surface area contributed by atoms with Gasteiger partial charge in [0, 0.05) is 12.1 Å². The third-order valence-electron chi connectivity index (χ3n) is 4.18. The van der Waals surface area contributed by atoms with Crippen LogP contribution in [0, 0.1) is 22.0 Å². The lowest BCUT2D eigenvalue weighted by atomic mass is 9.95. The van der Waals surface area contributed by atoms with E-state index in [1.165, 1.54) is 25.7 Å². The summed E-state index contributed by atoms with van der Waals surface area (Å²) in [6.07, 6.45) is 5.11. The molecule has 3 atom stereocenters. The molecule has 3 unspecified atom stereocenters. The van der Waals surface area contributed by atoms with Gasteiger partial charge in [-0.05, 0) is 37.2 Å². The van der Waals surface area contributed by atoms with Gasteiger partial charge in [0.2, 0.25) is 0 Å². The standard InChI is InChI=1S/C13H16N2O2/c16-15(17)13-4-2-1-3-11(13)14-12-8-9-5-6-10(12)7-9/h1-4,9-10,12,14H,5-8H2. The van der Waals surface area contributed by atoms with Crippen molar-refractivity contribution in [1.82, 2.24) is 0 Å². The van der Waals surface area contributed by atoms with Crippen LogP contribution in [-0.4, -0.2) is 11.0 Å². The van der Waals surface area contributed by atoms with Crippen LogP contribution in [0.1, 0.15) is 25.7 Å². The highest BCUT2D eigenvalue weighted by molar-refractivity contribution is 5.61. The predicted molar refractivity (Wildman–Crippen MR) is 66.0 cm³/mol. The summed E-state index contributed by atoms with van der Waals surface area (Å²) in [6, 6.07) is 7.38. The van der Waals surface area contributed by atoms with Crippen LogP contribution < -0.4 is 5.32 Å². The lowest BCUT2D eigenvalue weighted by Crippen LogP contribution is -2.26. The second kappa shape index (κ2) is 4.02.